The number of hydrogen-bond acceptors (Lipinski definition) is 4. The van der Waals surface area contributed by atoms with E-state index in [-0.39, 0.29) is 6.04 Å². The fourth-order valence-corrected chi connectivity index (χ4v) is 4.22. The van der Waals surface area contributed by atoms with Gasteiger partial charge in [0, 0.05) is 17.0 Å². The van der Waals surface area contributed by atoms with Crippen molar-refractivity contribution in [3.05, 3.63) is 22.4 Å². The second-order valence-electron chi connectivity index (χ2n) is 5.86. The van der Waals surface area contributed by atoms with Gasteiger partial charge in [-0.05, 0) is 57.4 Å². The summed E-state index contributed by atoms with van der Waals surface area (Å²) in [6.45, 7) is 8.08. The number of rotatable bonds is 6. The van der Waals surface area contributed by atoms with Crippen LogP contribution in [-0.4, -0.2) is 48.6 Å². The van der Waals surface area contributed by atoms with E-state index in [0.717, 1.165) is 6.42 Å². The van der Waals surface area contributed by atoms with Gasteiger partial charge in [0.2, 0.25) is 0 Å². The zero-order chi connectivity index (χ0) is 14.5. The maximum Gasteiger partial charge on any atom is 0.0593 e. The third-order valence-electron chi connectivity index (χ3n) is 4.73. The number of hydrogen-bond donors (Lipinski definition) is 1. The lowest BCUT2D eigenvalue weighted by Crippen LogP contribution is -2.48. The number of nitrogens with zero attached hydrogens (tertiary/aromatic N) is 2. The van der Waals surface area contributed by atoms with Crippen molar-refractivity contribution in [2.24, 2.45) is 5.73 Å². The predicted molar refractivity (Wildman–Crippen MR) is 88.2 cm³/mol. The highest BCUT2D eigenvalue weighted by Crippen LogP contribution is 2.31. The Bertz CT molecular complexity index is 371. The van der Waals surface area contributed by atoms with Gasteiger partial charge in [-0.1, -0.05) is 19.9 Å². The van der Waals surface area contributed by atoms with Crippen LogP contribution in [0.5, 0.6) is 0 Å². The maximum atomic E-state index is 6.42. The van der Waals surface area contributed by atoms with Crippen molar-refractivity contribution in [1.29, 1.82) is 0 Å². The molecule has 2 N–H and O–H groups in total. The van der Waals surface area contributed by atoms with Gasteiger partial charge in [-0.25, -0.2) is 0 Å². The Morgan fingerprint density at radius 1 is 1.40 bits per heavy atom. The molecule has 0 amide bonds. The Balaban J connectivity index is 2.05. The van der Waals surface area contributed by atoms with Crippen molar-refractivity contribution in [3.63, 3.8) is 0 Å². The smallest absolute Gasteiger partial charge is 0.0593 e. The molecule has 1 saturated heterocycles. The molecule has 2 unspecified atom stereocenters. The van der Waals surface area contributed by atoms with E-state index in [1.165, 1.54) is 37.4 Å². The molecule has 0 bridgehead atoms. The summed E-state index contributed by atoms with van der Waals surface area (Å²) < 4.78 is 0. The van der Waals surface area contributed by atoms with E-state index in [4.69, 9.17) is 5.73 Å². The SMILES string of the molecule is CCC(N)C(c1cccs1)N(C)C1CCN(CC)CC1. The molecule has 1 aliphatic heterocycles. The maximum absolute atomic E-state index is 6.42. The lowest BCUT2D eigenvalue weighted by Gasteiger charge is -2.41. The molecular weight excluding hydrogens is 266 g/mol. The Hall–Kier alpha value is -0.420. The largest absolute Gasteiger partial charge is 0.326 e. The molecule has 1 aliphatic rings. The summed E-state index contributed by atoms with van der Waals surface area (Å²) in [6, 6.07) is 5.65. The first-order chi connectivity index (χ1) is 9.67. The highest BCUT2D eigenvalue weighted by atomic mass is 32.1. The van der Waals surface area contributed by atoms with E-state index < -0.39 is 0 Å². The molecule has 114 valence electrons. The molecule has 0 spiro atoms. The second-order valence-corrected chi connectivity index (χ2v) is 6.84. The highest BCUT2D eigenvalue weighted by molar-refractivity contribution is 7.10. The van der Waals surface area contributed by atoms with Crippen LogP contribution in [0.3, 0.4) is 0 Å². The summed E-state index contributed by atoms with van der Waals surface area (Å²) in [5.74, 6) is 0. The molecule has 0 aliphatic carbocycles. The van der Waals surface area contributed by atoms with Crippen LogP contribution < -0.4 is 5.73 Å². The summed E-state index contributed by atoms with van der Waals surface area (Å²) in [4.78, 5) is 6.51. The summed E-state index contributed by atoms with van der Waals surface area (Å²) in [7, 11) is 2.27. The van der Waals surface area contributed by atoms with Gasteiger partial charge in [0.25, 0.3) is 0 Å². The molecule has 1 aromatic heterocycles. The molecule has 0 aromatic carbocycles. The van der Waals surface area contributed by atoms with E-state index in [1.807, 2.05) is 11.3 Å². The first-order valence-electron chi connectivity index (χ1n) is 7.90. The van der Waals surface area contributed by atoms with Gasteiger partial charge in [0.1, 0.15) is 0 Å². The normalized spacial score (nSPS) is 21.2. The molecule has 0 radical (unpaired) electrons. The molecule has 2 rings (SSSR count). The van der Waals surface area contributed by atoms with Gasteiger partial charge in [-0.3, -0.25) is 4.90 Å². The van der Waals surface area contributed by atoms with Crippen molar-refractivity contribution in [1.82, 2.24) is 9.80 Å². The van der Waals surface area contributed by atoms with Crippen LogP contribution in [0.4, 0.5) is 0 Å². The molecule has 0 saturated carbocycles. The molecule has 3 nitrogen and oxygen atoms in total. The molecule has 20 heavy (non-hydrogen) atoms. The van der Waals surface area contributed by atoms with E-state index in [1.54, 1.807) is 0 Å². The molecule has 2 atom stereocenters. The van der Waals surface area contributed by atoms with E-state index in [9.17, 15) is 0 Å². The van der Waals surface area contributed by atoms with Crippen molar-refractivity contribution < 1.29 is 0 Å². The second kappa shape index (κ2) is 7.55. The Morgan fingerprint density at radius 3 is 2.60 bits per heavy atom. The fourth-order valence-electron chi connectivity index (χ4n) is 3.27. The summed E-state index contributed by atoms with van der Waals surface area (Å²) >= 11 is 1.84. The van der Waals surface area contributed by atoms with Crippen LogP contribution >= 0.6 is 11.3 Å². The summed E-state index contributed by atoms with van der Waals surface area (Å²) in [6.07, 6.45) is 3.56. The molecule has 4 heteroatoms. The molecule has 1 fully saturated rings. The van der Waals surface area contributed by atoms with Gasteiger partial charge in [-0.2, -0.15) is 0 Å². The number of piperidine rings is 1. The number of likely N-dealkylation sites (tertiary alicyclic amines) is 1. The minimum atomic E-state index is 0.225. The van der Waals surface area contributed by atoms with Crippen LogP contribution in [0.15, 0.2) is 17.5 Å². The predicted octanol–water partition coefficient (Wildman–Crippen LogP) is 2.94. The Morgan fingerprint density at radius 2 is 2.10 bits per heavy atom. The number of nitrogens with two attached hydrogens (primary N) is 1. The van der Waals surface area contributed by atoms with Gasteiger partial charge >= 0.3 is 0 Å². The highest BCUT2D eigenvalue weighted by Gasteiger charge is 2.30. The van der Waals surface area contributed by atoms with Crippen molar-refractivity contribution in [3.8, 4) is 0 Å². The zero-order valence-electron chi connectivity index (χ0n) is 13.1. The first-order valence-corrected chi connectivity index (χ1v) is 8.78. The molecule has 1 aromatic rings. The third-order valence-corrected chi connectivity index (χ3v) is 5.67. The quantitative estimate of drug-likeness (QED) is 0.876. The number of thiophene rings is 1. The minimum absolute atomic E-state index is 0.225. The van der Waals surface area contributed by atoms with Crippen LogP contribution in [-0.2, 0) is 0 Å². The fraction of sp³-hybridized carbons (Fsp3) is 0.750. The molecular formula is C16H29N3S. The van der Waals surface area contributed by atoms with E-state index in [2.05, 4.69) is 48.2 Å². The summed E-state index contributed by atoms with van der Waals surface area (Å²) in [5.41, 5.74) is 6.42. The van der Waals surface area contributed by atoms with Gasteiger partial charge in [0.05, 0.1) is 6.04 Å². The topological polar surface area (TPSA) is 32.5 Å². The van der Waals surface area contributed by atoms with Crippen LogP contribution in [0, 0.1) is 0 Å². The van der Waals surface area contributed by atoms with Crippen molar-refractivity contribution >= 4 is 11.3 Å². The average molecular weight is 295 g/mol. The van der Waals surface area contributed by atoms with Crippen LogP contribution in [0.25, 0.3) is 0 Å². The first kappa shape index (κ1) is 16.0. The van der Waals surface area contributed by atoms with E-state index >= 15 is 0 Å². The number of likely N-dealkylation sites (N-methyl/N-ethyl adjacent to an activating group) is 1. The summed E-state index contributed by atoms with van der Waals surface area (Å²) in [5, 5.41) is 2.16. The standard InChI is InChI=1S/C16H29N3S/c1-4-14(17)16(15-7-6-12-20-15)18(3)13-8-10-19(5-2)11-9-13/h6-7,12-14,16H,4-5,8-11,17H2,1-3H3. The zero-order valence-corrected chi connectivity index (χ0v) is 13.9. The van der Waals surface area contributed by atoms with Gasteiger partial charge in [-0.15, -0.1) is 11.3 Å². The Labute approximate surface area is 127 Å². The monoisotopic (exact) mass is 295 g/mol. The van der Waals surface area contributed by atoms with Crippen LogP contribution in [0.2, 0.25) is 0 Å². The van der Waals surface area contributed by atoms with Crippen molar-refractivity contribution in [2.45, 2.75) is 51.2 Å². The van der Waals surface area contributed by atoms with E-state index in [0.29, 0.717) is 12.1 Å². The average Bonchev–Trinajstić information content (AvgIpc) is 3.01. The molecule has 2 heterocycles. The lowest BCUT2D eigenvalue weighted by molar-refractivity contribution is 0.0879. The lowest BCUT2D eigenvalue weighted by atomic mass is 9.97. The van der Waals surface area contributed by atoms with Gasteiger partial charge < -0.3 is 10.6 Å². The van der Waals surface area contributed by atoms with Gasteiger partial charge in [0.15, 0.2) is 0 Å². The van der Waals surface area contributed by atoms with Crippen LogP contribution in [0.1, 0.15) is 44.0 Å². The third kappa shape index (κ3) is 3.61. The minimum Gasteiger partial charge on any atom is -0.326 e. The van der Waals surface area contributed by atoms with Crippen molar-refractivity contribution in [2.75, 3.05) is 26.7 Å². The Kier molecular flexibility index (Phi) is 6.02.